The van der Waals surface area contributed by atoms with Gasteiger partial charge in [0.25, 0.3) is 0 Å². The highest BCUT2D eigenvalue weighted by molar-refractivity contribution is 7.90. The molecule has 2 aromatic rings. The second-order valence-electron chi connectivity index (χ2n) is 5.44. The minimum absolute atomic E-state index is 0. The molecule has 0 amide bonds. The van der Waals surface area contributed by atoms with Crippen molar-refractivity contribution in [3.63, 3.8) is 0 Å². The van der Waals surface area contributed by atoms with Crippen LogP contribution in [0.2, 0.25) is 0 Å². The molecular weight excluding hydrogens is 378 g/mol. The van der Waals surface area contributed by atoms with Crippen LogP contribution in [0.4, 0.5) is 0 Å². The van der Waals surface area contributed by atoms with Gasteiger partial charge < -0.3 is 26.4 Å². The van der Waals surface area contributed by atoms with E-state index in [0.29, 0.717) is 13.0 Å². The molecule has 1 heterocycles. The zero-order valence-corrected chi connectivity index (χ0v) is 16.3. The Morgan fingerprint density at radius 1 is 1.04 bits per heavy atom. The summed E-state index contributed by atoms with van der Waals surface area (Å²) in [6, 6.07) is 8.77. The van der Waals surface area contributed by atoms with Gasteiger partial charge in [-0.1, -0.05) is 6.07 Å². The molecule has 1 aromatic heterocycles. The molecule has 0 aliphatic carbocycles. The largest absolute Gasteiger partial charge is 1.00 e. The predicted octanol–water partition coefficient (Wildman–Crippen LogP) is -1.19. The van der Waals surface area contributed by atoms with Crippen molar-refractivity contribution in [2.24, 2.45) is 0 Å². The molecule has 0 saturated carbocycles. The summed E-state index contributed by atoms with van der Waals surface area (Å²) >= 11 is -0.997. The molecule has 0 aliphatic rings. The van der Waals surface area contributed by atoms with Gasteiger partial charge in [0, 0.05) is 20.3 Å². The van der Waals surface area contributed by atoms with Crippen molar-refractivity contribution in [3.8, 4) is 11.5 Å². The molecule has 0 N–H and O–H groups in total. The SMILES string of the molecule is CC(=O)Oc1ccc(CC[n+]2ccc([S+](C)[O-])cc2)cc1OC(C)=O.[Cl-]. The molecule has 6 nitrogen and oxygen atoms in total. The van der Waals surface area contributed by atoms with Crippen molar-refractivity contribution in [2.75, 3.05) is 6.26 Å². The molecule has 0 aliphatic heterocycles. The number of benzene rings is 1. The van der Waals surface area contributed by atoms with Crippen LogP contribution in [0.25, 0.3) is 0 Å². The molecular formula is C18H20ClNO5S. The summed E-state index contributed by atoms with van der Waals surface area (Å²) in [6.45, 7) is 3.28. The quantitative estimate of drug-likeness (QED) is 0.265. The maximum absolute atomic E-state index is 11.4. The highest BCUT2D eigenvalue weighted by Crippen LogP contribution is 2.29. The van der Waals surface area contributed by atoms with Crippen molar-refractivity contribution in [2.45, 2.75) is 31.7 Å². The highest BCUT2D eigenvalue weighted by Gasteiger charge is 2.13. The van der Waals surface area contributed by atoms with E-state index in [1.807, 2.05) is 35.2 Å². The average Bonchev–Trinajstić information content (AvgIpc) is 2.54. The number of esters is 2. The number of hydrogen-bond donors (Lipinski definition) is 0. The van der Waals surface area contributed by atoms with Crippen molar-refractivity contribution >= 4 is 23.1 Å². The third kappa shape index (κ3) is 6.67. The summed E-state index contributed by atoms with van der Waals surface area (Å²) in [5.41, 5.74) is 0.933. The van der Waals surface area contributed by atoms with Gasteiger partial charge in [0.15, 0.2) is 35.3 Å². The number of halogens is 1. The van der Waals surface area contributed by atoms with Gasteiger partial charge in [-0.15, -0.1) is 0 Å². The van der Waals surface area contributed by atoms with Gasteiger partial charge in [-0.3, -0.25) is 9.59 Å². The van der Waals surface area contributed by atoms with Crippen LogP contribution >= 0.6 is 0 Å². The Morgan fingerprint density at radius 2 is 1.62 bits per heavy atom. The smallest absolute Gasteiger partial charge is 0.308 e. The lowest BCUT2D eigenvalue weighted by atomic mass is 10.1. The molecule has 2 rings (SSSR count). The van der Waals surface area contributed by atoms with E-state index in [1.54, 1.807) is 18.4 Å². The predicted molar refractivity (Wildman–Crippen MR) is 91.7 cm³/mol. The summed E-state index contributed by atoms with van der Waals surface area (Å²) in [6.07, 6.45) is 6.07. The number of carbonyl (C=O) groups excluding carboxylic acids is 2. The molecule has 0 fully saturated rings. The zero-order chi connectivity index (χ0) is 18.4. The van der Waals surface area contributed by atoms with Crippen LogP contribution in [-0.2, 0) is 33.7 Å². The third-order valence-corrected chi connectivity index (χ3v) is 4.30. The summed E-state index contributed by atoms with van der Waals surface area (Å²) in [4.78, 5) is 23.1. The average molecular weight is 398 g/mol. The van der Waals surface area contributed by atoms with Crippen molar-refractivity contribution in [1.82, 2.24) is 0 Å². The second kappa shape index (κ2) is 10.2. The van der Waals surface area contributed by atoms with E-state index in [2.05, 4.69) is 0 Å². The van der Waals surface area contributed by atoms with Gasteiger partial charge in [0.1, 0.15) is 6.26 Å². The highest BCUT2D eigenvalue weighted by atomic mass is 35.5. The van der Waals surface area contributed by atoms with E-state index in [-0.39, 0.29) is 23.9 Å². The van der Waals surface area contributed by atoms with E-state index < -0.39 is 23.1 Å². The fourth-order valence-corrected chi connectivity index (χ4v) is 2.73. The Labute approximate surface area is 161 Å². The van der Waals surface area contributed by atoms with E-state index in [9.17, 15) is 14.1 Å². The molecule has 8 heteroatoms. The minimum Gasteiger partial charge on any atom is -1.00 e. The maximum atomic E-state index is 11.4. The number of rotatable bonds is 6. The molecule has 0 saturated heterocycles. The van der Waals surface area contributed by atoms with Crippen LogP contribution in [0.1, 0.15) is 19.4 Å². The Balaban J connectivity index is 0.00000338. The van der Waals surface area contributed by atoms with Gasteiger partial charge in [-0.05, 0) is 28.9 Å². The number of pyridine rings is 1. The first-order valence-electron chi connectivity index (χ1n) is 7.67. The van der Waals surface area contributed by atoms with Crippen molar-refractivity contribution < 1.29 is 40.6 Å². The lowest BCUT2D eigenvalue weighted by Gasteiger charge is -2.10. The van der Waals surface area contributed by atoms with Crippen LogP contribution in [0.15, 0.2) is 47.6 Å². The first-order valence-corrected chi connectivity index (χ1v) is 9.23. The summed E-state index contributed by atoms with van der Waals surface area (Å²) < 4.78 is 23.5. The molecule has 26 heavy (non-hydrogen) atoms. The third-order valence-electron chi connectivity index (χ3n) is 3.37. The molecule has 1 unspecified atom stereocenters. The van der Waals surface area contributed by atoms with Crippen molar-refractivity contribution in [3.05, 3.63) is 48.3 Å². The Kier molecular flexibility index (Phi) is 8.57. The molecule has 0 bridgehead atoms. The van der Waals surface area contributed by atoms with Gasteiger partial charge in [0.2, 0.25) is 0 Å². The molecule has 1 atom stereocenters. The van der Waals surface area contributed by atoms with Gasteiger partial charge >= 0.3 is 11.9 Å². The monoisotopic (exact) mass is 397 g/mol. The second-order valence-corrected chi connectivity index (χ2v) is 6.82. The Hall–Kier alpha value is -2.09. The molecule has 0 radical (unpaired) electrons. The van der Waals surface area contributed by atoms with Crippen LogP contribution in [-0.4, -0.2) is 22.7 Å². The van der Waals surface area contributed by atoms with E-state index in [4.69, 9.17) is 9.47 Å². The van der Waals surface area contributed by atoms with Gasteiger partial charge in [-0.2, -0.15) is 0 Å². The first kappa shape index (κ1) is 22.0. The number of hydrogen-bond acceptors (Lipinski definition) is 5. The van der Waals surface area contributed by atoms with Crippen molar-refractivity contribution in [1.29, 1.82) is 0 Å². The fourth-order valence-electron chi connectivity index (χ4n) is 2.22. The first-order chi connectivity index (χ1) is 11.8. The number of nitrogens with zero attached hydrogens (tertiary/aromatic N) is 1. The maximum Gasteiger partial charge on any atom is 0.308 e. The van der Waals surface area contributed by atoms with Crippen LogP contribution in [0, 0.1) is 0 Å². The van der Waals surface area contributed by atoms with E-state index >= 15 is 0 Å². The van der Waals surface area contributed by atoms with E-state index in [0.717, 1.165) is 10.5 Å². The normalized spacial score (nSPS) is 11.2. The lowest BCUT2D eigenvalue weighted by Crippen LogP contribution is -3.00. The summed E-state index contributed by atoms with van der Waals surface area (Å²) in [5.74, 6) is -0.524. The Morgan fingerprint density at radius 3 is 2.15 bits per heavy atom. The van der Waals surface area contributed by atoms with Gasteiger partial charge in [0.05, 0.1) is 12.1 Å². The van der Waals surface area contributed by atoms with Gasteiger partial charge in [-0.25, -0.2) is 4.57 Å². The number of aryl methyl sites for hydroxylation is 2. The Bertz CT molecular complexity index is 765. The lowest BCUT2D eigenvalue weighted by molar-refractivity contribution is -0.696. The standard InChI is InChI=1S/C18H20NO5S.ClH/c1-13(20)23-17-5-4-15(12-18(17)24-14(2)21)6-9-19-10-7-16(8-11-19)25(3)22;/h4-5,7-8,10-12H,6,9H2,1-3H3;1H/q+1;/p-1. The molecule has 1 aromatic carbocycles. The zero-order valence-electron chi connectivity index (χ0n) is 14.7. The topological polar surface area (TPSA) is 79.5 Å². The van der Waals surface area contributed by atoms with Crippen LogP contribution in [0.3, 0.4) is 0 Å². The number of aromatic nitrogens is 1. The van der Waals surface area contributed by atoms with E-state index in [1.165, 1.54) is 13.8 Å². The number of ether oxygens (including phenoxy) is 2. The summed E-state index contributed by atoms with van der Waals surface area (Å²) in [7, 11) is 0. The molecule has 0 spiro atoms. The minimum atomic E-state index is -0.997. The summed E-state index contributed by atoms with van der Waals surface area (Å²) in [5, 5.41) is 0. The van der Waals surface area contributed by atoms with Crippen LogP contribution in [0.5, 0.6) is 11.5 Å². The molecule has 140 valence electrons. The number of carbonyl (C=O) groups is 2. The fraction of sp³-hybridized carbons (Fsp3) is 0.278. The van der Waals surface area contributed by atoms with Crippen LogP contribution < -0.4 is 26.4 Å².